The molecule has 1 aliphatic rings. The molecule has 1 aromatic rings. The van der Waals surface area contributed by atoms with Crippen molar-refractivity contribution in [3.8, 4) is 0 Å². The number of nitrogens with zero attached hydrogens (tertiary/aromatic N) is 2. The predicted molar refractivity (Wildman–Crippen MR) is 68.2 cm³/mol. The second kappa shape index (κ2) is 6.51. The topological polar surface area (TPSA) is 51.4 Å². The molecule has 0 bridgehead atoms. The Bertz CT molecular complexity index is 321. The monoisotopic (exact) mass is 263 g/mol. The summed E-state index contributed by atoms with van der Waals surface area (Å²) in [5.74, 6) is 0. The number of halogens is 1. The zero-order chi connectivity index (χ0) is 10.7. The maximum Gasteiger partial charge on any atom is 0.0824 e. The molecular formula is C10H18ClN3OS. The van der Waals surface area contributed by atoms with Crippen LogP contribution in [-0.4, -0.2) is 42.2 Å². The average molecular weight is 264 g/mol. The summed E-state index contributed by atoms with van der Waals surface area (Å²) in [6, 6.07) is 0. The number of thiazole rings is 1. The average Bonchev–Trinajstić information content (AvgIpc) is 2.65. The molecule has 0 aliphatic carbocycles. The largest absolute Gasteiger partial charge is 0.374 e. The van der Waals surface area contributed by atoms with E-state index < -0.39 is 0 Å². The molecule has 1 unspecified atom stereocenters. The molecule has 0 radical (unpaired) electrons. The number of rotatable bonds is 3. The van der Waals surface area contributed by atoms with E-state index in [9.17, 15) is 0 Å². The molecule has 16 heavy (non-hydrogen) atoms. The SMILES string of the molecule is Cc1ncsc1CN1CCOC(CN)C1.Cl. The minimum Gasteiger partial charge on any atom is -0.374 e. The van der Waals surface area contributed by atoms with Crippen molar-refractivity contribution in [3.63, 3.8) is 0 Å². The number of ether oxygens (including phenoxy) is 1. The lowest BCUT2D eigenvalue weighted by Gasteiger charge is -2.31. The van der Waals surface area contributed by atoms with Crippen LogP contribution in [-0.2, 0) is 11.3 Å². The van der Waals surface area contributed by atoms with Crippen molar-refractivity contribution < 1.29 is 4.74 Å². The lowest BCUT2D eigenvalue weighted by molar-refractivity contribution is -0.0258. The van der Waals surface area contributed by atoms with Crippen LogP contribution in [0.5, 0.6) is 0 Å². The highest BCUT2D eigenvalue weighted by Gasteiger charge is 2.19. The first-order valence-electron chi connectivity index (χ1n) is 5.22. The first-order valence-corrected chi connectivity index (χ1v) is 6.10. The van der Waals surface area contributed by atoms with Gasteiger partial charge in [-0.25, -0.2) is 4.98 Å². The van der Waals surface area contributed by atoms with Gasteiger partial charge in [-0.3, -0.25) is 4.90 Å². The van der Waals surface area contributed by atoms with Crippen molar-refractivity contribution in [1.82, 2.24) is 9.88 Å². The van der Waals surface area contributed by atoms with Crippen LogP contribution in [0.15, 0.2) is 5.51 Å². The molecule has 0 spiro atoms. The number of nitrogens with two attached hydrogens (primary N) is 1. The Labute approximate surface area is 106 Å². The second-order valence-corrected chi connectivity index (χ2v) is 4.76. The van der Waals surface area contributed by atoms with Gasteiger partial charge in [-0.2, -0.15) is 0 Å². The molecular weight excluding hydrogens is 246 g/mol. The van der Waals surface area contributed by atoms with E-state index in [4.69, 9.17) is 10.5 Å². The van der Waals surface area contributed by atoms with Gasteiger partial charge in [0.25, 0.3) is 0 Å². The Balaban J connectivity index is 0.00000128. The number of hydrogen-bond acceptors (Lipinski definition) is 5. The number of hydrogen-bond donors (Lipinski definition) is 1. The Morgan fingerprint density at radius 1 is 1.69 bits per heavy atom. The first kappa shape index (κ1) is 13.9. The molecule has 1 aliphatic heterocycles. The smallest absolute Gasteiger partial charge is 0.0824 e. The van der Waals surface area contributed by atoms with Crippen molar-refractivity contribution in [2.75, 3.05) is 26.2 Å². The molecule has 0 saturated carbocycles. The summed E-state index contributed by atoms with van der Waals surface area (Å²) in [4.78, 5) is 8.00. The fourth-order valence-corrected chi connectivity index (χ4v) is 2.57. The maximum absolute atomic E-state index is 5.61. The molecule has 1 saturated heterocycles. The van der Waals surface area contributed by atoms with Gasteiger partial charge in [0.15, 0.2) is 0 Å². The van der Waals surface area contributed by atoms with Crippen LogP contribution < -0.4 is 5.73 Å². The number of aromatic nitrogens is 1. The number of aryl methyl sites for hydroxylation is 1. The maximum atomic E-state index is 5.61. The fourth-order valence-electron chi connectivity index (χ4n) is 1.75. The Morgan fingerprint density at radius 3 is 3.12 bits per heavy atom. The molecule has 92 valence electrons. The molecule has 4 nitrogen and oxygen atoms in total. The molecule has 0 aromatic carbocycles. The lowest BCUT2D eigenvalue weighted by atomic mass is 10.2. The summed E-state index contributed by atoms with van der Waals surface area (Å²) in [5, 5.41) is 0. The summed E-state index contributed by atoms with van der Waals surface area (Å²) in [6.45, 7) is 6.38. The van der Waals surface area contributed by atoms with Gasteiger partial charge in [0.2, 0.25) is 0 Å². The van der Waals surface area contributed by atoms with Crippen LogP contribution in [0.3, 0.4) is 0 Å². The van der Waals surface area contributed by atoms with E-state index in [0.717, 1.165) is 31.9 Å². The molecule has 2 heterocycles. The summed E-state index contributed by atoms with van der Waals surface area (Å²) in [5.41, 5.74) is 8.66. The summed E-state index contributed by atoms with van der Waals surface area (Å²) in [6.07, 6.45) is 0.201. The van der Waals surface area contributed by atoms with Crippen molar-refractivity contribution in [2.45, 2.75) is 19.6 Å². The van der Waals surface area contributed by atoms with E-state index in [0.29, 0.717) is 6.54 Å². The quantitative estimate of drug-likeness (QED) is 0.885. The Hall–Kier alpha value is -0.200. The van der Waals surface area contributed by atoms with Crippen molar-refractivity contribution in [1.29, 1.82) is 0 Å². The fraction of sp³-hybridized carbons (Fsp3) is 0.700. The van der Waals surface area contributed by atoms with Gasteiger partial charge in [0.05, 0.1) is 23.9 Å². The molecule has 1 fully saturated rings. The third-order valence-electron chi connectivity index (χ3n) is 2.70. The van der Waals surface area contributed by atoms with Gasteiger partial charge in [-0.05, 0) is 6.92 Å². The molecule has 0 amide bonds. The van der Waals surface area contributed by atoms with Crippen molar-refractivity contribution >= 4 is 23.7 Å². The molecule has 1 aromatic heterocycles. The summed E-state index contributed by atoms with van der Waals surface area (Å²) >= 11 is 1.73. The third kappa shape index (κ3) is 3.40. The van der Waals surface area contributed by atoms with E-state index in [-0.39, 0.29) is 18.5 Å². The van der Waals surface area contributed by atoms with Gasteiger partial charge in [-0.15, -0.1) is 23.7 Å². The second-order valence-electron chi connectivity index (χ2n) is 3.82. The van der Waals surface area contributed by atoms with Gasteiger partial charge in [0.1, 0.15) is 0 Å². The van der Waals surface area contributed by atoms with E-state index in [1.165, 1.54) is 4.88 Å². The Kier molecular flexibility index (Phi) is 5.64. The highest BCUT2D eigenvalue weighted by atomic mass is 35.5. The lowest BCUT2D eigenvalue weighted by Crippen LogP contribution is -2.45. The van der Waals surface area contributed by atoms with Crippen LogP contribution in [0.1, 0.15) is 10.6 Å². The van der Waals surface area contributed by atoms with Crippen LogP contribution in [0.25, 0.3) is 0 Å². The van der Waals surface area contributed by atoms with Crippen LogP contribution in [0.4, 0.5) is 0 Å². The molecule has 2 rings (SSSR count). The van der Waals surface area contributed by atoms with Crippen molar-refractivity contribution in [3.05, 3.63) is 16.1 Å². The standard InChI is InChI=1S/C10H17N3OS.ClH/c1-8-10(15-7-12-8)6-13-2-3-14-9(4-11)5-13;/h7,9H,2-6,11H2,1H3;1H. The van der Waals surface area contributed by atoms with Gasteiger partial charge < -0.3 is 10.5 Å². The predicted octanol–water partition coefficient (Wildman–Crippen LogP) is 1.03. The van der Waals surface area contributed by atoms with E-state index in [2.05, 4.69) is 16.8 Å². The molecule has 6 heteroatoms. The van der Waals surface area contributed by atoms with Crippen LogP contribution in [0, 0.1) is 6.92 Å². The minimum absolute atomic E-state index is 0. The highest BCUT2D eigenvalue weighted by molar-refractivity contribution is 7.09. The third-order valence-corrected chi connectivity index (χ3v) is 3.62. The highest BCUT2D eigenvalue weighted by Crippen LogP contribution is 2.16. The zero-order valence-electron chi connectivity index (χ0n) is 9.39. The van der Waals surface area contributed by atoms with Crippen molar-refractivity contribution in [2.24, 2.45) is 5.73 Å². The molecule has 1 atom stereocenters. The zero-order valence-corrected chi connectivity index (χ0v) is 11.0. The molecule has 2 N–H and O–H groups in total. The van der Waals surface area contributed by atoms with Crippen LogP contribution >= 0.6 is 23.7 Å². The van der Waals surface area contributed by atoms with E-state index in [1.807, 2.05) is 5.51 Å². The minimum atomic E-state index is 0. The summed E-state index contributed by atoms with van der Waals surface area (Å²) in [7, 11) is 0. The summed E-state index contributed by atoms with van der Waals surface area (Å²) < 4.78 is 5.53. The van der Waals surface area contributed by atoms with E-state index >= 15 is 0 Å². The van der Waals surface area contributed by atoms with Gasteiger partial charge >= 0.3 is 0 Å². The van der Waals surface area contributed by atoms with E-state index in [1.54, 1.807) is 11.3 Å². The van der Waals surface area contributed by atoms with Crippen LogP contribution in [0.2, 0.25) is 0 Å². The number of morpholine rings is 1. The Morgan fingerprint density at radius 2 is 2.50 bits per heavy atom. The first-order chi connectivity index (χ1) is 7.29. The van der Waals surface area contributed by atoms with Gasteiger partial charge in [-0.1, -0.05) is 0 Å². The normalized spacial score (nSPS) is 21.8. The van der Waals surface area contributed by atoms with Gasteiger partial charge in [0, 0.05) is 31.1 Å².